The van der Waals surface area contributed by atoms with E-state index in [0.717, 1.165) is 19.3 Å². The number of methoxy groups -OCH3 is 3. The van der Waals surface area contributed by atoms with Crippen molar-refractivity contribution in [2.24, 2.45) is 5.41 Å². The van der Waals surface area contributed by atoms with Crippen molar-refractivity contribution >= 4 is 0 Å². The molecule has 0 aromatic carbocycles. The van der Waals surface area contributed by atoms with Crippen LogP contribution in [0.15, 0.2) is 0 Å². The molecule has 0 aliphatic heterocycles. The summed E-state index contributed by atoms with van der Waals surface area (Å²) in [6.45, 7) is 6.67. The predicted molar refractivity (Wildman–Crippen MR) is 84.8 cm³/mol. The monoisotopic (exact) mass is 288 g/mol. The molecule has 0 heterocycles. The predicted octanol–water partition coefficient (Wildman–Crippen LogP) is 5.14. The Bertz CT molecular complexity index is 218. The first-order valence-corrected chi connectivity index (χ1v) is 8.21. The van der Waals surface area contributed by atoms with Crippen LogP contribution < -0.4 is 0 Å². The van der Waals surface area contributed by atoms with E-state index in [1.54, 1.807) is 21.3 Å². The number of hydrogen-bond acceptors (Lipinski definition) is 3. The molecule has 0 aliphatic carbocycles. The van der Waals surface area contributed by atoms with Crippen molar-refractivity contribution in [1.82, 2.24) is 0 Å². The first-order valence-electron chi connectivity index (χ1n) is 8.21. The van der Waals surface area contributed by atoms with Crippen molar-refractivity contribution in [3.8, 4) is 0 Å². The lowest BCUT2D eigenvalue weighted by Crippen LogP contribution is -2.51. The largest absolute Gasteiger partial charge is 0.330 e. The van der Waals surface area contributed by atoms with Crippen molar-refractivity contribution in [1.29, 1.82) is 0 Å². The molecule has 0 aromatic heterocycles. The van der Waals surface area contributed by atoms with Crippen LogP contribution >= 0.6 is 0 Å². The highest BCUT2D eigenvalue weighted by atomic mass is 16.9. The lowest BCUT2D eigenvalue weighted by Gasteiger charge is -2.45. The van der Waals surface area contributed by atoms with E-state index in [1.807, 2.05) is 0 Å². The Balaban J connectivity index is 4.50. The molecule has 0 saturated heterocycles. The molecular weight excluding hydrogens is 252 g/mol. The molecule has 0 rings (SSSR count). The van der Waals surface area contributed by atoms with Crippen LogP contribution in [0.25, 0.3) is 0 Å². The Hall–Kier alpha value is -0.120. The highest BCUT2D eigenvalue weighted by Crippen LogP contribution is 2.44. The van der Waals surface area contributed by atoms with Gasteiger partial charge in [0.25, 0.3) is 5.97 Å². The van der Waals surface area contributed by atoms with Gasteiger partial charge in [0.2, 0.25) is 0 Å². The molecule has 122 valence electrons. The minimum absolute atomic E-state index is 0.106. The number of rotatable bonds is 13. The zero-order valence-corrected chi connectivity index (χ0v) is 14.6. The summed E-state index contributed by atoms with van der Waals surface area (Å²) < 4.78 is 16.8. The summed E-state index contributed by atoms with van der Waals surface area (Å²) in [5.74, 6) is -0.924. The van der Waals surface area contributed by atoms with E-state index in [9.17, 15) is 0 Å². The van der Waals surface area contributed by atoms with Gasteiger partial charge in [-0.15, -0.1) is 0 Å². The smallest absolute Gasteiger partial charge is 0.287 e. The van der Waals surface area contributed by atoms with E-state index in [0.29, 0.717) is 0 Å². The summed E-state index contributed by atoms with van der Waals surface area (Å²) in [5.41, 5.74) is -0.106. The van der Waals surface area contributed by atoms with E-state index in [4.69, 9.17) is 14.2 Å². The van der Waals surface area contributed by atoms with Gasteiger partial charge in [0.1, 0.15) is 0 Å². The third-order valence-electron chi connectivity index (χ3n) is 4.43. The average Bonchev–Trinajstić information content (AvgIpc) is 2.45. The van der Waals surface area contributed by atoms with Crippen LogP contribution in [-0.4, -0.2) is 27.3 Å². The lowest BCUT2D eigenvalue weighted by molar-refractivity contribution is -0.406. The van der Waals surface area contributed by atoms with Gasteiger partial charge < -0.3 is 14.2 Å². The molecule has 0 aromatic rings. The highest BCUT2D eigenvalue weighted by molar-refractivity contribution is 4.84. The normalized spacial score (nSPS) is 15.3. The van der Waals surface area contributed by atoms with Gasteiger partial charge in [0.15, 0.2) is 0 Å². The molecule has 3 nitrogen and oxygen atoms in total. The molecule has 3 heteroatoms. The third kappa shape index (κ3) is 5.34. The fourth-order valence-corrected chi connectivity index (χ4v) is 3.27. The van der Waals surface area contributed by atoms with Gasteiger partial charge in [-0.05, 0) is 12.8 Å². The highest BCUT2D eigenvalue weighted by Gasteiger charge is 2.49. The Labute approximate surface area is 126 Å². The Morgan fingerprint density at radius 3 is 1.60 bits per heavy atom. The van der Waals surface area contributed by atoms with E-state index < -0.39 is 5.97 Å². The van der Waals surface area contributed by atoms with Gasteiger partial charge in [-0.1, -0.05) is 65.7 Å². The van der Waals surface area contributed by atoms with Gasteiger partial charge in [-0.25, -0.2) is 0 Å². The Kier molecular flexibility index (Phi) is 10.5. The maximum Gasteiger partial charge on any atom is 0.287 e. The second kappa shape index (κ2) is 10.6. The molecule has 1 atom stereocenters. The zero-order chi connectivity index (χ0) is 15.5. The van der Waals surface area contributed by atoms with E-state index >= 15 is 0 Å². The molecular formula is C17H36O3. The molecule has 0 saturated carbocycles. The van der Waals surface area contributed by atoms with Crippen LogP contribution in [0.1, 0.15) is 78.6 Å². The molecule has 0 bridgehead atoms. The molecule has 0 fully saturated rings. The van der Waals surface area contributed by atoms with Crippen LogP contribution in [0.3, 0.4) is 0 Å². The van der Waals surface area contributed by atoms with Crippen molar-refractivity contribution < 1.29 is 14.2 Å². The maximum atomic E-state index is 5.61. The Morgan fingerprint density at radius 1 is 0.650 bits per heavy atom. The second-order valence-corrected chi connectivity index (χ2v) is 6.00. The van der Waals surface area contributed by atoms with Crippen LogP contribution in [0.2, 0.25) is 0 Å². The number of ether oxygens (including phenoxy) is 3. The second-order valence-electron chi connectivity index (χ2n) is 6.00. The minimum atomic E-state index is -0.924. The van der Waals surface area contributed by atoms with Gasteiger partial charge >= 0.3 is 0 Å². The maximum absolute atomic E-state index is 5.61. The molecule has 0 N–H and O–H groups in total. The quantitative estimate of drug-likeness (QED) is 0.347. The molecule has 1 unspecified atom stereocenters. The van der Waals surface area contributed by atoms with E-state index in [2.05, 4.69) is 20.8 Å². The summed E-state index contributed by atoms with van der Waals surface area (Å²) in [4.78, 5) is 0. The molecule has 0 radical (unpaired) electrons. The van der Waals surface area contributed by atoms with Gasteiger partial charge in [-0.3, -0.25) is 0 Å². The van der Waals surface area contributed by atoms with Crippen molar-refractivity contribution in [2.75, 3.05) is 21.3 Å². The van der Waals surface area contributed by atoms with E-state index in [1.165, 1.54) is 38.5 Å². The van der Waals surface area contributed by atoms with Crippen molar-refractivity contribution in [3.05, 3.63) is 0 Å². The fraction of sp³-hybridized carbons (Fsp3) is 1.00. The third-order valence-corrected chi connectivity index (χ3v) is 4.43. The topological polar surface area (TPSA) is 27.7 Å². The summed E-state index contributed by atoms with van der Waals surface area (Å²) >= 11 is 0. The fourth-order valence-electron chi connectivity index (χ4n) is 3.27. The summed E-state index contributed by atoms with van der Waals surface area (Å²) in [6.07, 6.45) is 11.0. The molecule has 0 aliphatic rings. The summed E-state index contributed by atoms with van der Waals surface area (Å²) in [5, 5.41) is 0. The van der Waals surface area contributed by atoms with E-state index in [-0.39, 0.29) is 5.41 Å². The van der Waals surface area contributed by atoms with Crippen LogP contribution in [0.5, 0.6) is 0 Å². The summed E-state index contributed by atoms with van der Waals surface area (Å²) in [6, 6.07) is 0. The Morgan fingerprint density at radius 2 is 1.15 bits per heavy atom. The molecule has 0 amide bonds. The van der Waals surface area contributed by atoms with Gasteiger partial charge in [-0.2, -0.15) is 0 Å². The van der Waals surface area contributed by atoms with Crippen LogP contribution in [0, 0.1) is 5.41 Å². The number of hydrogen-bond donors (Lipinski definition) is 0. The standard InChI is InChI=1S/C17H36O3/c1-7-9-10-11-12-13-15-16(3,14-8-2)17(18-4,19-5)20-6/h7-15H2,1-6H3. The lowest BCUT2D eigenvalue weighted by atomic mass is 9.77. The first kappa shape index (κ1) is 19.9. The number of unbranched alkanes of at least 4 members (excludes halogenated alkanes) is 5. The van der Waals surface area contributed by atoms with Gasteiger partial charge in [0, 0.05) is 26.7 Å². The van der Waals surface area contributed by atoms with Crippen molar-refractivity contribution in [2.45, 2.75) is 84.5 Å². The summed E-state index contributed by atoms with van der Waals surface area (Å²) in [7, 11) is 5.01. The zero-order valence-electron chi connectivity index (χ0n) is 14.6. The van der Waals surface area contributed by atoms with Crippen LogP contribution in [0.4, 0.5) is 0 Å². The first-order chi connectivity index (χ1) is 9.55. The SMILES string of the molecule is CCCCCCCCC(C)(CCC)C(OC)(OC)OC. The molecule has 20 heavy (non-hydrogen) atoms. The molecule has 0 spiro atoms. The van der Waals surface area contributed by atoms with Crippen molar-refractivity contribution in [3.63, 3.8) is 0 Å². The van der Waals surface area contributed by atoms with Gasteiger partial charge in [0.05, 0.1) is 0 Å². The van der Waals surface area contributed by atoms with Crippen LogP contribution in [-0.2, 0) is 14.2 Å². The average molecular weight is 288 g/mol. The minimum Gasteiger partial charge on any atom is -0.330 e.